The summed E-state index contributed by atoms with van der Waals surface area (Å²) < 4.78 is 5.22. The van der Waals surface area contributed by atoms with Crippen LogP contribution in [0.1, 0.15) is 18.4 Å². The van der Waals surface area contributed by atoms with Gasteiger partial charge in [0.15, 0.2) is 5.78 Å². The standard InChI is InChI=1S/C12H16N2O2/c13-12(3-7-16-8-4-12)11(15)9-10-1-5-14-6-2-10/h1-2,5-6H,3-4,7-9,13H2. The van der Waals surface area contributed by atoms with Crippen molar-refractivity contribution in [3.63, 3.8) is 0 Å². The maximum Gasteiger partial charge on any atom is 0.157 e. The Morgan fingerprint density at radius 2 is 2.00 bits per heavy atom. The summed E-state index contributed by atoms with van der Waals surface area (Å²) >= 11 is 0. The fraction of sp³-hybridized carbons (Fsp3) is 0.500. The summed E-state index contributed by atoms with van der Waals surface area (Å²) in [5, 5.41) is 0. The molecule has 1 aliphatic rings. The van der Waals surface area contributed by atoms with Crippen molar-refractivity contribution in [3.8, 4) is 0 Å². The van der Waals surface area contributed by atoms with Crippen LogP contribution in [0.3, 0.4) is 0 Å². The summed E-state index contributed by atoms with van der Waals surface area (Å²) in [6.07, 6.45) is 5.01. The van der Waals surface area contributed by atoms with Crippen molar-refractivity contribution in [2.24, 2.45) is 5.73 Å². The van der Waals surface area contributed by atoms with Crippen LogP contribution in [0.25, 0.3) is 0 Å². The molecule has 0 amide bonds. The number of nitrogens with two attached hydrogens (primary N) is 1. The van der Waals surface area contributed by atoms with Gasteiger partial charge in [0.25, 0.3) is 0 Å². The maximum absolute atomic E-state index is 12.1. The van der Waals surface area contributed by atoms with Gasteiger partial charge < -0.3 is 10.5 Å². The first-order chi connectivity index (χ1) is 7.71. The summed E-state index contributed by atoms with van der Waals surface area (Å²) in [4.78, 5) is 16.0. The Morgan fingerprint density at radius 1 is 1.38 bits per heavy atom. The van der Waals surface area contributed by atoms with Gasteiger partial charge in [0.05, 0.1) is 5.54 Å². The third-order valence-electron chi connectivity index (χ3n) is 3.05. The highest BCUT2D eigenvalue weighted by atomic mass is 16.5. The number of ether oxygens (including phenoxy) is 1. The lowest BCUT2D eigenvalue weighted by Crippen LogP contribution is -2.52. The first kappa shape index (κ1) is 11.2. The van der Waals surface area contributed by atoms with Crippen LogP contribution in [0, 0.1) is 0 Å². The van der Waals surface area contributed by atoms with Gasteiger partial charge in [0, 0.05) is 32.0 Å². The van der Waals surface area contributed by atoms with Crippen molar-refractivity contribution < 1.29 is 9.53 Å². The van der Waals surface area contributed by atoms with Crippen molar-refractivity contribution in [1.29, 1.82) is 0 Å². The van der Waals surface area contributed by atoms with Gasteiger partial charge in [-0.25, -0.2) is 0 Å². The highest BCUT2D eigenvalue weighted by Gasteiger charge is 2.35. The first-order valence-corrected chi connectivity index (χ1v) is 5.49. The van der Waals surface area contributed by atoms with Gasteiger partial charge in [-0.05, 0) is 30.5 Å². The topological polar surface area (TPSA) is 65.2 Å². The normalized spacial score (nSPS) is 19.3. The molecule has 4 nitrogen and oxygen atoms in total. The minimum Gasteiger partial charge on any atom is -0.381 e. The smallest absolute Gasteiger partial charge is 0.157 e. The molecule has 0 spiro atoms. The lowest BCUT2D eigenvalue weighted by Gasteiger charge is -2.31. The van der Waals surface area contributed by atoms with Crippen molar-refractivity contribution in [2.75, 3.05) is 13.2 Å². The Labute approximate surface area is 94.8 Å². The molecule has 4 heteroatoms. The minimum atomic E-state index is -0.693. The van der Waals surface area contributed by atoms with E-state index in [1.807, 2.05) is 12.1 Å². The first-order valence-electron chi connectivity index (χ1n) is 5.49. The van der Waals surface area contributed by atoms with Crippen molar-refractivity contribution in [1.82, 2.24) is 4.98 Å². The van der Waals surface area contributed by atoms with Gasteiger partial charge in [-0.15, -0.1) is 0 Å². The molecule has 2 rings (SSSR count). The molecule has 0 bridgehead atoms. The number of carbonyl (C=O) groups is 1. The van der Waals surface area contributed by atoms with E-state index in [2.05, 4.69) is 4.98 Å². The number of carbonyl (C=O) groups excluding carboxylic acids is 1. The fourth-order valence-electron chi connectivity index (χ4n) is 1.88. The number of rotatable bonds is 3. The Morgan fingerprint density at radius 3 is 2.62 bits per heavy atom. The van der Waals surface area contributed by atoms with E-state index in [4.69, 9.17) is 10.5 Å². The molecule has 0 aromatic carbocycles. The zero-order chi connectivity index (χ0) is 11.4. The summed E-state index contributed by atoms with van der Waals surface area (Å²) in [6.45, 7) is 1.16. The summed E-state index contributed by atoms with van der Waals surface area (Å²) in [5.74, 6) is 0.0991. The zero-order valence-corrected chi connectivity index (χ0v) is 9.19. The molecule has 1 aromatic rings. The second kappa shape index (κ2) is 4.72. The van der Waals surface area contributed by atoms with Crippen LogP contribution in [0.2, 0.25) is 0 Å². The number of hydrogen-bond acceptors (Lipinski definition) is 4. The number of Topliss-reactive ketones (excluding diaryl/α,β-unsaturated/α-hetero) is 1. The third-order valence-corrected chi connectivity index (χ3v) is 3.05. The second-order valence-electron chi connectivity index (χ2n) is 4.22. The van der Waals surface area contributed by atoms with E-state index in [0.717, 1.165) is 5.56 Å². The molecule has 0 radical (unpaired) electrons. The second-order valence-corrected chi connectivity index (χ2v) is 4.22. The number of aromatic nitrogens is 1. The summed E-state index contributed by atoms with van der Waals surface area (Å²) in [5.41, 5.74) is 6.38. The molecule has 0 atom stereocenters. The molecule has 86 valence electrons. The van der Waals surface area contributed by atoms with E-state index in [-0.39, 0.29) is 5.78 Å². The van der Waals surface area contributed by atoms with Crippen molar-refractivity contribution in [3.05, 3.63) is 30.1 Å². The van der Waals surface area contributed by atoms with E-state index in [1.165, 1.54) is 0 Å². The Bertz CT molecular complexity index is 359. The molecule has 1 aliphatic heterocycles. The van der Waals surface area contributed by atoms with E-state index in [1.54, 1.807) is 12.4 Å². The van der Waals surface area contributed by atoms with Gasteiger partial charge in [-0.2, -0.15) is 0 Å². The fourth-order valence-corrected chi connectivity index (χ4v) is 1.88. The molecular weight excluding hydrogens is 204 g/mol. The molecule has 0 saturated carbocycles. The number of ketones is 1. The van der Waals surface area contributed by atoms with Crippen LogP contribution >= 0.6 is 0 Å². The Hall–Kier alpha value is -1.26. The Kier molecular flexibility index (Phi) is 3.31. The summed E-state index contributed by atoms with van der Waals surface area (Å²) in [6, 6.07) is 3.70. The van der Waals surface area contributed by atoms with Gasteiger partial charge in [0.1, 0.15) is 0 Å². The van der Waals surface area contributed by atoms with Crippen LogP contribution in [-0.2, 0) is 16.0 Å². The highest BCUT2D eigenvalue weighted by Crippen LogP contribution is 2.20. The molecule has 2 heterocycles. The lowest BCUT2D eigenvalue weighted by atomic mass is 9.84. The number of pyridine rings is 1. The largest absolute Gasteiger partial charge is 0.381 e. The maximum atomic E-state index is 12.1. The van der Waals surface area contributed by atoms with Gasteiger partial charge in [0.2, 0.25) is 0 Å². The molecule has 0 unspecified atom stereocenters. The van der Waals surface area contributed by atoms with Crippen LogP contribution in [0.15, 0.2) is 24.5 Å². The Balaban J connectivity index is 2.02. The minimum absolute atomic E-state index is 0.0991. The summed E-state index contributed by atoms with van der Waals surface area (Å²) in [7, 11) is 0. The molecule has 2 N–H and O–H groups in total. The lowest BCUT2D eigenvalue weighted by molar-refractivity contribution is -0.126. The predicted octanol–water partition coefficient (Wildman–Crippen LogP) is 0.701. The third kappa shape index (κ3) is 2.46. The number of hydrogen-bond donors (Lipinski definition) is 1. The highest BCUT2D eigenvalue weighted by molar-refractivity contribution is 5.90. The number of nitrogens with zero attached hydrogens (tertiary/aromatic N) is 1. The molecule has 1 saturated heterocycles. The van der Waals surface area contributed by atoms with E-state index in [9.17, 15) is 4.79 Å². The quantitative estimate of drug-likeness (QED) is 0.814. The van der Waals surface area contributed by atoms with Crippen LogP contribution in [0.5, 0.6) is 0 Å². The zero-order valence-electron chi connectivity index (χ0n) is 9.19. The SMILES string of the molecule is NC1(C(=O)Cc2ccncc2)CCOCC1. The molecule has 1 aromatic heterocycles. The average molecular weight is 220 g/mol. The molecular formula is C12H16N2O2. The monoisotopic (exact) mass is 220 g/mol. The van der Waals surface area contributed by atoms with Crippen molar-refractivity contribution >= 4 is 5.78 Å². The molecule has 16 heavy (non-hydrogen) atoms. The van der Waals surface area contributed by atoms with Crippen molar-refractivity contribution in [2.45, 2.75) is 24.8 Å². The van der Waals surface area contributed by atoms with E-state index >= 15 is 0 Å². The molecule has 1 fully saturated rings. The van der Waals surface area contributed by atoms with E-state index in [0.29, 0.717) is 32.5 Å². The van der Waals surface area contributed by atoms with Gasteiger partial charge in [-0.1, -0.05) is 0 Å². The average Bonchev–Trinajstić information content (AvgIpc) is 2.31. The van der Waals surface area contributed by atoms with Gasteiger partial charge in [-0.3, -0.25) is 9.78 Å². The van der Waals surface area contributed by atoms with Gasteiger partial charge >= 0.3 is 0 Å². The van der Waals surface area contributed by atoms with Crippen LogP contribution in [-0.4, -0.2) is 29.5 Å². The predicted molar refractivity (Wildman–Crippen MR) is 59.9 cm³/mol. The van der Waals surface area contributed by atoms with Crippen LogP contribution in [0.4, 0.5) is 0 Å². The van der Waals surface area contributed by atoms with Crippen LogP contribution < -0.4 is 5.73 Å². The van der Waals surface area contributed by atoms with E-state index < -0.39 is 5.54 Å². The molecule has 0 aliphatic carbocycles.